The van der Waals surface area contributed by atoms with Gasteiger partial charge in [0, 0.05) is 18.0 Å². The van der Waals surface area contributed by atoms with Crippen LogP contribution >= 0.6 is 0 Å². The molecule has 7 nitrogen and oxygen atoms in total. The summed E-state index contributed by atoms with van der Waals surface area (Å²) in [6, 6.07) is 10.6. The third-order valence-electron chi connectivity index (χ3n) is 4.51. The van der Waals surface area contributed by atoms with Gasteiger partial charge in [-0.2, -0.15) is 0 Å². The van der Waals surface area contributed by atoms with Crippen molar-refractivity contribution in [3.63, 3.8) is 0 Å². The van der Waals surface area contributed by atoms with Crippen molar-refractivity contribution in [3.05, 3.63) is 42.0 Å². The first-order valence-electron chi connectivity index (χ1n) is 8.84. The fourth-order valence-corrected chi connectivity index (χ4v) is 2.74. The van der Waals surface area contributed by atoms with Crippen LogP contribution in [-0.2, 0) is 5.41 Å². The number of carbonyl (C=O) groups excluding carboxylic acids is 1. The molecule has 0 bridgehead atoms. The number of amides is 2. The Bertz CT molecular complexity index is 820. The van der Waals surface area contributed by atoms with Crippen molar-refractivity contribution < 1.29 is 23.7 Å². The standard InChI is InChI=1S/C21H28N2O5/c1-21(2,14-7-9-18(27-5)19(11-14)28-6)13-22-20(24)23-16-12-15(25-3)8-10-17(16)26-4/h7-12H,13H2,1-6H3,(H2,22,23,24). The lowest BCUT2D eigenvalue weighted by molar-refractivity contribution is 0.249. The van der Waals surface area contributed by atoms with Crippen LogP contribution < -0.4 is 29.6 Å². The van der Waals surface area contributed by atoms with E-state index in [1.54, 1.807) is 46.6 Å². The van der Waals surface area contributed by atoms with Crippen LogP contribution in [0.25, 0.3) is 0 Å². The van der Waals surface area contributed by atoms with E-state index >= 15 is 0 Å². The van der Waals surface area contributed by atoms with Crippen molar-refractivity contribution in [2.75, 3.05) is 40.3 Å². The van der Waals surface area contributed by atoms with E-state index < -0.39 is 0 Å². The van der Waals surface area contributed by atoms with Crippen molar-refractivity contribution in [2.24, 2.45) is 0 Å². The average molecular weight is 388 g/mol. The Morgan fingerprint density at radius 2 is 1.50 bits per heavy atom. The first-order valence-corrected chi connectivity index (χ1v) is 8.84. The van der Waals surface area contributed by atoms with Gasteiger partial charge in [-0.05, 0) is 29.8 Å². The minimum atomic E-state index is -0.333. The fraction of sp³-hybridized carbons (Fsp3) is 0.381. The molecule has 0 fully saturated rings. The summed E-state index contributed by atoms with van der Waals surface area (Å²) in [5.41, 5.74) is 1.22. The zero-order valence-electron chi connectivity index (χ0n) is 17.2. The second-order valence-corrected chi connectivity index (χ2v) is 6.83. The molecule has 0 spiro atoms. The molecular weight excluding hydrogens is 360 g/mol. The molecular formula is C21H28N2O5. The lowest BCUT2D eigenvalue weighted by Crippen LogP contribution is -2.39. The maximum atomic E-state index is 12.4. The first kappa shape index (κ1) is 21.2. The number of methoxy groups -OCH3 is 4. The van der Waals surface area contributed by atoms with Gasteiger partial charge in [0.25, 0.3) is 0 Å². The number of nitrogens with one attached hydrogen (secondary N) is 2. The van der Waals surface area contributed by atoms with E-state index in [1.165, 1.54) is 0 Å². The van der Waals surface area contributed by atoms with Gasteiger partial charge in [-0.25, -0.2) is 4.79 Å². The monoisotopic (exact) mass is 388 g/mol. The summed E-state index contributed by atoms with van der Waals surface area (Å²) >= 11 is 0. The summed E-state index contributed by atoms with van der Waals surface area (Å²) in [7, 11) is 6.31. The van der Waals surface area contributed by atoms with Crippen molar-refractivity contribution in [1.82, 2.24) is 5.32 Å². The highest BCUT2D eigenvalue weighted by atomic mass is 16.5. The third kappa shape index (κ3) is 5.00. The summed E-state index contributed by atoms with van der Waals surface area (Å²) < 4.78 is 21.1. The van der Waals surface area contributed by atoms with Gasteiger partial charge >= 0.3 is 6.03 Å². The number of anilines is 1. The lowest BCUT2D eigenvalue weighted by atomic mass is 9.84. The number of ether oxygens (including phenoxy) is 4. The highest BCUT2D eigenvalue weighted by Crippen LogP contribution is 2.33. The average Bonchev–Trinajstić information content (AvgIpc) is 2.71. The second-order valence-electron chi connectivity index (χ2n) is 6.83. The van der Waals surface area contributed by atoms with Gasteiger partial charge in [0.1, 0.15) is 11.5 Å². The van der Waals surface area contributed by atoms with Crippen LogP contribution in [0, 0.1) is 0 Å². The molecule has 0 atom stereocenters. The molecule has 0 unspecified atom stereocenters. The Balaban J connectivity index is 2.07. The minimum absolute atomic E-state index is 0.324. The van der Waals surface area contributed by atoms with Gasteiger partial charge in [0.05, 0.1) is 34.1 Å². The predicted molar refractivity (Wildman–Crippen MR) is 109 cm³/mol. The molecule has 7 heteroatoms. The molecule has 2 N–H and O–H groups in total. The minimum Gasteiger partial charge on any atom is -0.497 e. The molecule has 0 aliphatic heterocycles. The van der Waals surface area contributed by atoms with Crippen LogP contribution in [0.2, 0.25) is 0 Å². The van der Waals surface area contributed by atoms with Gasteiger partial charge in [-0.15, -0.1) is 0 Å². The van der Waals surface area contributed by atoms with E-state index in [0.29, 0.717) is 35.2 Å². The largest absolute Gasteiger partial charge is 0.497 e. The van der Waals surface area contributed by atoms with Crippen LogP contribution in [0.3, 0.4) is 0 Å². The molecule has 0 saturated heterocycles. The fourth-order valence-electron chi connectivity index (χ4n) is 2.74. The Hall–Kier alpha value is -3.09. The lowest BCUT2D eigenvalue weighted by Gasteiger charge is -2.26. The summed E-state index contributed by atoms with van der Waals surface area (Å²) in [6.45, 7) is 4.50. The van der Waals surface area contributed by atoms with E-state index in [4.69, 9.17) is 18.9 Å². The summed E-state index contributed by atoms with van der Waals surface area (Å²) in [5.74, 6) is 2.49. The van der Waals surface area contributed by atoms with Crippen LogP contribution in [0.1, 0.15) is 19.4 Å². The van der Waals surface area contributed by atoms with Gasteiger partial charge in [0.2, 0.25) is 0 Å². The van der Waals surface area contributed by atoms with E-state index in [9.17, 15) is 4.79 Å². The van der Waals surface area contributed by atoms with Gasteiger partial charge in [0.15, 0.2) is 11.5 Å². The van der Waals surface area contributed by atoms with Crippen LogP contribution in [0.15, 0.2) is 36.4 Å². The number of rotatable bonds is 8. The maximum absolute atomic E-state index is 12.4. The van der Waals surface area contributed by atoms with Crippen LogP contribution in [0.4, 0.5) is 10.5 Å². The van der Waals surface area contributed by atoms with Crippen LogP contribution in [-0.4, -0.2) is 41.0 Å². The molecule has 152 valence electrons. The Morgan fingerprint density at radius 3 is 2.11 bits per heavy atom. The number of benzene rings is 2. The molecule has 2 rings (SSSR count). The molecule has 28 heavy (non-hydrogen) atoms. The molecule has 0 aliphatic rings. The third-order valence-corrected chi connectivity index (χ3v) is 4.51. The smallest absolute Gasteiger partial charge is 0.319 e. The predicted octanol–water partition coefficient (Wildman–Crippen LogP) is 3.82. The second kappa shape index (κ2) is 9.21. The molecule has 0 radical (unpaired) electrons. The Kier molecular flexibility index (Phi) is 6.98. The molecule has 2 amide bonds. The maximum Gasteiger partial charge on any atom is 0.319 e. The molecule has 0 heterocycles. The Labute approximate surface area is 165 Å². The number of hydrogen-bond donors (Lipinski definition) is 2. The normalized spacial score (nSPS) is 10.8. The number of urea groups is 1. The SMILES string of the molecule is COc1ccc(OC)c(NC(=O)NCC(C)(C)c2ccc(OC)c(OC)c2)c1. The molecule has 2 aromatic carbocycles. The summed E-state index contributed by atoms with van der Waals surface area (Å²) in [5, 5.41) is 5.71. The van der Waals surface area contributed by atoms with Gasteiger partial charge in [-0.3, -0.25) is 0 Å². The molecule has 2 aromatic rings. The van der Waals surface area contributed by atoms with E-state index in [0.717, 1.165) is 5.56 Å². The first-order chi connectivity index (χ1) is 13.3. The topological polar surface area (TPSA) is 78.1 Å². The molecule has 0 aromatic heterocycles. The van der Waals surface area contributed by atoms with Crippen LogP contribution in [0.5, 0.6) is 23.0 Å². The van der Waals surface area contributed by atoms with E-state index in [2.05, 4.69) is 10.6 Å². The van der Waals surface area contributed by atoms with Crippen molar-refractivity contribution in [3.8, 4) is 23.0 Å². The van der Waals surface area contributed by atoms with Crippen molar-refractivity contribution in [2.45, 2.75) is 19.3 Å². The number of carbonyl (C=O) groups is 1. The van der Waals surface area contributed by atoms with Gasteiger partial charge < -0.3 is 29.6 Å². The quantitative estimate of drug-likeness (QED) is 0.719. The van der Waals surface area contributed by atoms with Crippen molar-refractivity contribution in [1.29, 1.82) is 0 Å². The van der Waals surface area contributed by atoms with Gasteiger partial charge in [-0.1, -0.05) is 19.9 Å². The summed E-state index contributed by atoms with van der Waals surface area (Å²) in [4.78, 5) is 12.4. The van der Waals surface area contributed by atoms with Crippen molar-refractivity contribution >= 4 is 11.7 Å². The molecule has 0 saturated carbocycles. The zero-order chi connectivity index (χ0) is 20.7. The zero-order valence-corrected chi connectivity index (χ0v) is 17.2. The Morgan fingerprint density at radius 1 is 0.857 bits per heavy atom. The summed E-state index contributed by atoms with van der Waals surface area (Å²) in [6.07, 6.45) is 0. The number of hydrogen-bond acceptors (Lipinski definition) is 5. The highest BCUT2D eigenvalue weighted by Gasteiger charge is 2.23. The molecule has 0 aliphatic carbocycles. The van der Waals surface area contributed by atoms with E-state index in [-0.39, 0.29) is 11.4 Å². The highest BCUT2D eigenvalue weighted by molar-refractivity contribution is 5.91. The van der Waals surface area contributed by atoms with E-state index in [1.807, 2.05) is 32.0 Å².